The number of benzene rings is 1. The summed E-state index contributed by atoms with van der Waals surface area (Å²) in [6.07, 6.45) is 1.81. The van der Waals surface area contributed by atoms with Gasteiger partial charge in [0.2, 0.25) is 0 Å². The third kappa shape index (κ3) is 2.75. The van der Waals surface area contributed by atoms with Crippen LogP contribution in [0.15, 0.2) is 36.5 Å². The fourth-order valence-electron chi connectivity index (χ4n) is 2.24. The third-order valence-electron chi connectivity index (χ3n) is 3.14. The van der Waals surface area contributed by atoms with Gasteiger partial charge in [0.1, 0.15) is 11.3 Å². The van der Waals surface area contributed by atoms with Crippen molar-refractivity contribution in [3.63, 3.8) is 0 Å². The summed E-state index contributed by atoms with van der Waals surface area (Å²) < 4.78 is 1.93. The van der Waals surface area contributed by atoms with E-state index < -0.39 is 0 Å². The molecular weight excluding hydrogens is 304 g/mol. The molecule has 3 rings (SSSR count). The van der Waals surface area contributed by atoms with Crippen molar-refractivity contribution in [2.75, 3.05) is 0 Å². The van der Waals surface area contributed by atoms with Crippen LogP contribution in [0.25, 0.3) is 22.6 Å². The number of rotatable bonds is 3. The number of pyridine rings is 1. The highest BCUT2D eigenvalue weighted by Gasteiger charge is 2.14. The molecule has 0 saturated heterocycles. The van der Waals surface area contributed by atoms with E-state index >= 15 is 0 Å². The van der Waals surface area contributed by atoms with E-state index in [4.69, 9.17) is 29.6 Å². The van der Waals surface area contributed by atoms with E-state index in [1.807, 2.05) is 48.0 Å². The van der Waals surface area contributed by atoms with Crippen LogP contribution in [0.1, 0.15) is 5.56 Å². The van der Waals surface area contributed by atoms with Gasteiger partial charge in [0.05, 0.1) is 11.5 Å². The summed E-state index contributed by atoms with van der Waals surface area (Å²) in [6.45, 7) is 2.39. The molecule has 0 radical (unpaired) electrons. The van der Waals surface area contributed by atoms with Gasteiger partial charge < -0.3 is 10.3 Å². The molecule has 0 aliphatic carbocycles. The Morgan fingerprint density at radius 1 is 1.33 bits per heavy atom. The number of hydrogen-bond acceptors (Lipinski definition) is 3. The summed E-state index contributed by atoms with van der Waals surface area (Å²) in [6, 6.07) is 9.51. The molecule has 0 bridgehead atoms. The number of halogens is 1. The van der Waals surface area contributed by atoms with Gasteiger partial charge in [-0.25, -0.2) is 9.97 Å². The number of fused-ring (bicyclic) bond motifs is 1. The van der Waals surface area contributed by atoms with Crippen molar-refractivity contribution in [3.8, 4) is 11.4 Å². The zero-order valence-electron chi connectivity index (χ0n) is 11.4. The molecule has 0 unspecified atom stereocenters. The molecule has 0 fully saturated rings. The first-order chi connectivity index (χ1) is 10.0. The van der Waals surface area contributed by atoms with Crippen molar-refractivity contribution in [3.05, 3.63) is 47.1 Å². The van der Waals surface area contributed by atoms with Crippen molar-refractivity contribution in [2.24, 2.45) is 5.73 Å². The number of hydrogen-bond donors (Lipinski definition) is 1. The lowest BCUT2D eigenvalue weighted by Gasteiger charge is -2.07. The van der Waals surface area contributed by atoms with Gasteiger partial charge in [0, 0.05) is 16.8 Å². The molecule has 0 aliphatic rings. The largest absolute Gasteiger partial charge is 0.392 e. The minimum Gasteiger partial charge on any atom is -0.392 e. The third-order valence-corrected chi connectivity index (χ3v) is 3.52. The van der Waals surface area contributed by atoms with E-state index in [-0.39, 0.29) is 0 Å². The first-order valence-electron chi connectivity index (χ1n) is 6.42. The summed E-state index contributed by atoms with van der Waals surface area (Å²) in [4.78, 5) is 9.52. The Hall–Kier alpha value is -1.98. The standard InChI is InChI=1S/C15H13ClN4S/c1-9-6-12-15(18-7-9)20(8-13(17)21)14(19-12)10-2-4-11(16)5-3-10/h2-7H,8H2,1H3,(H2,17,21). The lowest BCUT2D eigenvalue weighted by molar-refractivity contribution is 0.881. The summed E-state index contributed by atoms with van der Waals surface area (Å²) in [7, 11) is 0. The van der Waals surface area contributed by atoms with Crippen molar-refractivity contribution < 1.29 is 0 Å². The quantitative estimate of drug-likeness (QED) is 0.753. The number of imidazole rings is 1. The van der Waals surface area contributed by atoms with Crippen LogP contribution in [0.2, 0.25) is 5.02 Å². The minimum absolute atomic E-state index is 0.395. The van der Waals surface area contributed by atoms with Gasteiger partial charge in [-0.05, 0) is 42.8 Å². The number of nitrogens with zero attached hydrogens (tertiary/aromatic N) is 3. The molecule has 0 atom stereocenters. The summed E-state index contributed by atoms with van der Waals surface area (Å²) in [5, 5.41) is 0.685. The summed E-state index contributed by atoms with van der Waals surface area (Å²) >= 11 is 11.0. The molecule has 106 valence electrons. The maximum atomic E-state index is 5.94. The lowest BCUT2D eigenvalue weighted by Crippen LogP contribution is -2.17. The smallest absolute Gasteiger partial charge is 0.160 e. The van der Waals surface area contributed by atoms with Crippen LogP contribution in [0.3, 0.4) is 0 Å². The SMILES string of the molecule is Cc1cnc2c(c1)nc(-c1ccc(Cl)cc1)n2CC(N)=S. The van der Waals surface area contributed by atoms with Gasteiger partial charge in [-0.1, -0.05) is 23.8 Å². The van der Waals surface area contributed by atoms with E-state index in [1.165, 1.54) is 0 Å². The highest BCUT2D eigenvalue weighted by molar-refractivity contribution is 7.80. The van der Waals surface area contributed by atoms with E-state index in [2.05, 4.69) is 9.97 Å². The Morgan fingerprint density at radius 2 is 2.05 bits per heavy atom. The van der Waals surface area contributed by atoms with E-state index in [9.17, 15) is 0 Å². The van der Waals surface area contributed by atoms with Crippen LogP contribution >= 0.6 is 23.8 Å². The molecule has 1 aromatic carbocycles. The Kier molecular flexibility index (Phi) is 3.61. The molecule has 0 saturated carbocycles. The minimum atomic E-state index is 0.395. The Morgan fingerprint density at radius 3 is 2.71 bits per heavy atom. The van der Waals surface area contributed by atoms with Crippen molar-refractivity contribution in [1.29, 1.82) is 0 Å². The number of aromatic nitrogens is 3. The molecule has 4 nitrogen and oxygen atoms in total. The van der Waals surface area contributed by atoms with E-state index in [1.54, 1.807) is 0 Å². The Balaban J connectivity index is 2.24. The van der Waals surface area contributed by atoms with E-state index in [0.29, 0.717) is 16.6 Å². The number of thiocarbonyl (C=S) groups is 1. The first kappa shape index (κ1) is 14.0. The molecule has 3 aromatic rings. The Bertz CT molecular complexity index is 824. The second-order valence-electron chi connectivity index (χ2n) is 4.85. The molecule has 2 N–H and O–H groups in total. The van der Waals surface area contributed by atoms with Crippen LogP contribution in [-0.4, -0.2) is 19.5 Å². The van der Waals surface area contributed by atoms with Gasteiger partial charge in [-0.3, -0.25) is 0 Å². The first-order valence-corrected chi connectivity index (χ1v) is 7.20. The fourth-order valence-corrected chi connectivity index (χ4v) is 2.49. The number of aryl methyl sites for hydroxylation is 1. The van der Waals surface area contributed by atoms with Crippen LogP contribution < -0.4 is 5.73 Å². The van der Waals surface area contributed by atoms with Crippen LogP contribution in [0, 0.1) is 6.92 Å². The second kappa shape index (κ2) is 5.42. The van der Waals surface area contributed by atoms with Gasteiger partial charge in [-0.2, -0.15) is 0 Å². The average Bonchev–Trinajstić information content (AvgIpc) is 2.77. The topological polar surface area (TPSA) is 56.7 Å². The average molecular weight is 317 g/mol. The van der Waals surface area contributed by atoms with Crippen LogP contribution in [0.5, 0.6) is 0 Å². The molecular formula is C15H13ClN4S. The summed E-state index contributed by atoms with van der Waals surface area (Å²) in [5.41, 5.74) is 9.33. The zero-order chi connectivity index (χ0) is 15.0. The maximum absolute atomic E-state index is 5.94. The van der Waals surface area contributed by atoms with Gasteiger partial charge in [0.25, 0.3) is 0 Å². The highest BCUT2D eigenvalue weighted by atomic mass is 35.5. The molecule has 0 aliphatic heterocycles. The van der Waals surface area contributed by atoms with E-state index in [0.717, 1.165) is 28.1 Å². The molecule has 0 spiro atoms. The Labute approximate surface area is 132 Å². The van der Waals surface area contributed by atoms with Gasteiger partial charge in [-0.15, -0.1) is 0 Å². The van der Waals surface area contributed by atoms with Gasteiger partial charge in [0.15, 0.2) is 5.65 Å². The monoisotopic (exact) mass is 316 g/mol. The maximum Gasteiger partial charge on any atom is 0.160 e. The van der Waals surface area contributed by atoms with Crippen LogP contribution in [0.4, 0.5) is 0 Å². The van der Waals surface area contributed by atoms with Gasteiger partial charge >= 0.3 is 0 Å². The molecule has 2 aromatic heterocycles. The molecule has 6 heteroatoms. The molecule has 2 heterocycles. The predicted molar refractivity (Wildman–Crippen MR) is 89.5 cm³/mol. The molecule has 21 heavy (non-hydrogen) atoms. The van der Waals surface area contributed by atoms with Crippen LogP contribution in [-0.2, 0) is 6.54 Å². The lowest BCUT2D eigenvalue weighted by atomic mass is 10.2. The predicted octanol–water partition coefficient (Wildman–Crippen LogP) is 3.35. The fraction of sp³-hybridized carbons (Fsp3) is 0.133. The second-order valence-corrected chi connectivity index (χ2v) is 5.81. The highest BCUT2D eigenvalue weighted by Crippen LogP contribution is 2.25. The van der Waals surface area contributed by atoms with Crippen molar-refractivity contribution in [1.82, 2.24) is 14.5 Å². The summed E-state index contributed by atoms with van der Waals surface area (Å²) in [5.74, 6) is 0.785. The van der Waals surface area contributed by atoms with Crippen molar-refractivity contribution >= 4 is 40.0 Å². The molecule has 0 amide bonds. The van der Waals surface area contributed by atoms with Crippen molar-refractivity contribution in [2.45, 2.75) is 13.5 Å². The number of nitrogens with two attached hydrogens (primary N) is 1. The normalized spacial score (nSPS) is 11.0. The zero-order valence-corrected chi connectivity index (χ0v) is 12.9.